The summed E-state index contributed by atoms with van der Waals surface area (Å²) in [5.74, 6) is 0.903. The van der Waals surface area contributed by atoms with Gasteiger partial charge in [0, 0.05) is 5.39 Å². The van der Waals surface area contributed by atoms with Gasteiger partial charge in [-0.15, -0.1) is 0 Å². The highest BCUT2D eigenvalue weighted by Gasteiger charge is 2.13. The van der Waals surface area contributed by atoms with E-state index in [1.807, 2.05) is 12.1 Å². The van der Waals surface area contributed by atoms with Crippen LogP contribution >= 0.6 is 15.9 Å². The van der Waals surface area contributed by atoms with E-state index >= 15 is 0 Å². The Morgan fingerprint density at radius 1 is 1.15 bits per heavy atom. The fourth-order valence-corrected chi connectivity index (χ4v) is 2.98. The van der Waals surface area contributed by atoms with Crippen molar-refractivity contribution < 1.29 is 4.42 Å². The molecule has 0 spiro atoms. The normalized spacial score (nSPS) is 12.9. The van der Waals surface area contributed by atoms with Gasteiger partial charge in [-0.05, 0) is 34.5 Å². The number of benzene rings is 1. The Labute approximate surface area is 129 Å². The predicted octanol–water partition coefficient (Wildman–Crippen LogP) is 5.95. The van der Waals surface area contributed by atoms with Crippen molar-refractivity contribution in [3.05, 3.63) is 34.5 Å². The average molecular weight is 338 g/mol. The number of nitrogens with two attached hydrogens (primary N) is 1. The highest BCUT2D eigenvalue weighted by Crippen LogP contribution is 2.30. The lowest BCUT2D eigenvalue weighted by Gasteiger charge is -2.08. The monoisotopic (exact) mass is 337 g/mol. The van der Waals surface area contributed by atoms with Crippen molar-refractivity contribution in [3.8, 4) is 0 Å². The largest absolute Gasteiger partial charge is 0.458 e. The summed E-state index contributed by atoms with van der Waals surface area (Å²) < 4.78 is 6.88. The zero-order chi connectivity index (χ0) is 14.4. The molecule has 0 fully saturated rings. The lowest BCUT2D eigenvalue weighted by atomic mass is 10.0. The van der Waals surface area contributed by atoms with E-state index in [1.165, 1.54) is 38.5 Å². The van der Waals surface area contributed by atoms with Gasteiger partial charge in [0.1, 0.15) is 11.3 Å². The summed E-state index contributed by atoms with van der Waals surface area (Å²) in [5.41, 5.74) is 7.14. The van der Waals surface area contributed by atoms with Crippen LogP contribution < -0.4 is 5.73 Å². The Balaban J connectivity index is 1.85. The van der Waals surface area contributed by atoms with Crippen LogP contribution in [0.15, 0.2) is 33.2 Å². The summed E-state index contributed by atoms with van der Waals surface area (Å²) >= 11 is 3.51. The standard InChI is InChI=1S/C17H24BrNO/c1-2-3-4-5-6-7-11-15(19)16-12-13-9-8-10-14(18)17(13)20-16/h8-10,12,15H,2-7,11,19H2,1H3. The molecule has 0 radical (unpaired) electrons. The maximum atomic E-state index is 6.24. The second-order valence-electron chi connectivity index (χ2n) is 5.47. The van der Waals surface area contributed by atoms with Gasteiger partial charge in [-0.2, -0.15) is 0 Å². The first kappa shape index (κ1) is 15.6. The van der Waals surface area contributed by atoms with Crippen LogP contribution in [0.4, 0.5) is 0 Å². The van der Waals surface area contributed by atoms with Gasteiger partial charge in [-0.3, -0.25) is 0 Å². The summed E-state index contributed by atoms with van der Waals surface area (Å²) in [7, 11) is 0. The fourth-order valence-electron chi connectivity index (χ4n) is 2.52. The van der Waals surface area contributed by atoms with Gasteiger partial charge in [0.25, 0.3) is 0 Å². The summed E-state index contributed by atoms with van der Waals surface area (Å²) in [4.78, 5) is 0. The number of unbranched alkanes of at least 4 members (excludes halogenated alkanes) is 5. The van der Waals surface area contributed by atoms with Crippen molar-refractivity contribution in [2.75, 3.05) is 0 Å². The van der Waals surface area contributed by atoms with E-state index in [2.05, 4.69) is 35.0 Å². The minimum atomic E-state index is 0.0143. The molecule has 20 heavy (non-hydrogen) atoms. The smallest absolute Gasteiger partial charge is 0.148 e. The highest BCUT2D eigenvalue weighted by atomic mass is 79.9. The van der Waals surface area contributed by atoms with Crippen molar-refractivity contribution in [1.82, 2.24) is 0 Å². The Morgan fingerprint density at radius 2 is 1.90 bits per heavy atom. The lowest BCUT2D eigenvalue weighted by molar-refractivity contribution is 0.458. The Hall–Kier alpha value is -0.800. The number of furan rings is 1. The number of hydrogen-bond donors (Lipinski definition) is 1. The molecule has 2 nitrogen and oxygen atoms in total. The molecule has 1 atom stereocenters. The highest BCUT2D eigenvalue weighted by molar-refractivity contribution is 9.10. The van der Waals surface area contributed by atoms with E-state index in [4.69, 9.17) is 10.2 Å². The van der Waals surface area contributed by atoms with Crippen molar-refractivity contribution in [3.63, 3.8) is 0 Å². The van der Waals surface area contributed by atoms with Crippen LogP contribution in [0.5, 0.6) is 0 Å². The third-order valence-corrected chi connectivity index (χ3v) is 4.37. The third kappa shape index (κ3) is 4.10. The van der Waals surface area contributed by atoms with E-state index < -0.39 is 0 Å². The SMILES string of the molecule is CCCCCCCCC(N)c1cc2cccc(Br)c2o1. The van der Waals surface area contributed by atoms with Gasteiger partial charge in [0.2, 0.25) is 0 Å². The molecule has 0 saturated heterocycles. The first-order valence-corrected chi connectivity index (χ1v) is 8.45. The van der Waals surface area contributed by atoms with Gasteiger partial charge in [0.15, 0.2) is 0 Å². The molecule has 2 aromatic rings. The Bertz CT molecular complexity index is 535. The second-order valence-corrected chi connectivity index (χ2v) is 6.32. The molecule has 1 heterocycles. The predicted molar refractivity (Wildman–Crippen MR) is 88.8 cm³/mol. The Kier molecular flexibility index (Phi) is 6.11. The van der Waals surface area contributed by atoms with E-state index in [0.29, 0.717) is 0 Å². The van der Waals surface area contributed by atoms with Crippen LogP contribution in [0.3, 0.4) is 0 Å². The molecule has 3 heteroatoms. The van der Waals surface area contributed by atoms with Crippen LogP contribution in [-0.4, -0.2) is 0 Å². The number of fused-ring (bicyclic) bond motifs is 1. The molecule has 0 aliphatic rings. The number of rotatable bonds is 8. The van der Waals surface area contributed by atoms with Crippen molar-refractivity contribution >= 4 is 26.9 Å². The average Bonchev–Trinajstić information content (AvgIpc) is 2.88. The van der Waals surface area contributed by atoms with Crippen molar-refractivity contribution in [1.29, 1.82) is 0 Å². The summed E-state index contributed by atoms with van der Waals surface area (Å²) in [6, 6.07) is 8.16. The maximum absolute atomic E-state index is 6.24. The number of halogens is 1. The van der Waals surface area contributed by atoms with E-state index in [1.54, 1.807) is 0 Å². The molecule has 2 N–H and O–H groups in total. The van der Waals surface area contributed by atoms with E-state index in [0.717, 1.165) is 27.6 Å². The Morgan fingerprint density at radius 3 is 2.65 bits per heavy atom. The zero-order valence-electron chi connectivity index (χ0n) is 12.2. The van der Waals surface area contributed by atoms with Gasteiger partial charge in [0.05, 0.1) is 10.5 Å². The summed E-state index contributed by atoms with van der Waals surface area (Å²) in [6.45, 7) is 2.25. The molecule has 0 aliphatic heterocycles. The summed E-state index contributed by atoms with van der Waals surface area (Å²) in [5, 5.41) is 1.12. The van der Waals surface area contributed by atoms with Crippen LogP contribution in [-0.2, 0) is 0 Å². The van der Waals surface area contributed by atoms with Gasteiger partial charge >= 0.3 is 0 Å². The lowest BCUT2D eigenvalue weighted by Crippen LogP contribution is -2.08. The van der Waals surface area contributed by atoms with Gasteiger partial charge < -0.3 is 10.2 Å². The summed E-state index contributed by atoms with van der Waals surface area (Å²) in [6.07, 6.45) is 8.79. The first-order valence-electron chi connectivity index (χ1n) is 7.66. The van der Waals surface area contributed by atoms with E-state index in [-0.39, 0.29) is 6.04 Å². The second kappa shape index (κ2) is 7.84. The van der Waals surface area contributed by atoms with Crippen LogP contribution in [0.1, 0.15) is 63.7 Å². The molecule has 0 amide bonds. The molecule has 0 bridgehead atoms. The maximum Gasteiger partial charge on any atom is 0.148 e. The van der Waals surface area contributed by atoms with Gasteiger partial charge in [-0.25, -0.2) is 0 Å². The topological polar surface area (TPSA) is 39.2 Å². The number of para-hydroxylation sites is 1. The molecule has 0 aliphatic carbocycles. The minimum Gasteiger partial charge on any atom is -0.458 e. The van der Waals surface area contributed by atoms with Crippen molar-refractivity contribution in [2.45, 2.75) is 57.9 Å². The molecule has 1 unspecified atom stereocenters. The zero-order valence-corrected chi connectivity index (χ0v) is 13.8. The molecular weight excluding hydrogens is 314 g/mol. The number of hydrogen-bond acceptors (Lipinski definition) is 2. The quantitative estimate of drug-likeness (QED) is 0.605. The van der Waals surface area contributed by atoms with Crippen LogP contribution in [0, 0.1) is 0 Å². The molecule has 0 saturated carbocycles. The van der Waals surface area contributed by atoms with Crippen molar-refractivity contribution in [2.24, 2.45) is 5.73 Å². The van der Waals surface area contributed by atoms with Crippen LogP contribution in [0.2, 0.25) is 0 Å². The third-order valence-electron chi connectivity index (χ3n) is 3.75. The van der Waals surface area contributed by atoms with Crippen LogP contribution in [0.25, 0.3) is 11.0 Å². The fraction of sp³-hybridized carbons (Fsp3) is 0.529. The van der Waals surface area contributed by atoms with Gasteiger partial charge in [-0.1, -0.05) is 57.6 Å². The first-order chi connectivity index (χ1) is 9.72. The molecular formula is C17H24BrNO. The van der Waals surface area contributed by atoms with E-state index in [9.17, 15) is 0 Å². The molecule has 2 rings (SSSR count). The molecule has 1 aromatic carbocycles. The molecule has 110 valence electrons. The molecule has 1 aromatic heterocycles. The minimum absolute atomic E-state index is 0.0143.